The molecule has 4 nitrogen and oxygen atoms in total. The van der Waals surface area contributed by atoms with Crippen LogP contribution >= 0.6 is 0 Å². The highest BCUT2D eigenvalue weighted by molar-refractivity contribution is 5.99. The highest BCUT2D eigenvalue weighted by atomic mass is 16.5. The molecule has 24 heavy (non-hydrogen) atoms. The predicted octanol–water partition coefficient (Wildman–Crippen LogP) is 4.18. The van der Waals surface area contributed by atoms with Crippen LogP contribution in [0, 0.1) is 6.92 Å². The Morgan fingerprint density at radius 3 is 2.67 bits per heavy atom. The second-order valence-electron chi connectivity index (χ2n) is 5.67. The van der Waals surface area contributed by atoms with Gasteiger partial charge in [0, 0.05) is 36.3 Å². The first-order valence-corrected chi connectivity index (χ1v) is 8.07. The quantitative estimate of drug-likeness (QED) is 0.663. The number of aryl methyl sites for hydroxylation is 1. The first-order valence-electron chi connectivity index (χ1n) is 8.07. The van der Waals surface area contributed by atoms with Gasteiger partial charge in [-0.15, -0.1) is 0 Å². The van der Waals surface area contributed by atoms with Crippen LogP contribution in [-0.2, 0) is 11.3 Å². The van der Waals surface area contributed by atoms with E-state index in [0.717, 1.165) is 34.1 Å². The van der Waals surface area contributed by atoms with E-state index in [0.29, 0.717) is 19.1 Å². The van der Waals surface area contributed by atoms with Gasteiger partial charge in [-0.2, -0.15) is 0 Å². The number of fused-ring (bicyclic) bond motifs is 1. The van der Waals surface area contributed by atoms with Crippen LogP contribution in [0.25, 0.3) is 10.8 Å². The Balaban J connectivity index is 1.89. The molecule has 2 aromatic carbocycles. The molecule has 0 saturated carbocycles. The smallest absolute Gasteiger partial charge is 0.221 e. The normalized spacial score (nSPS) is 10.8. The monoisotopic (exact) mass is 322 g/mol. The van der Waals surface area contributed by atoms with Gasteiger partial charge in [-0.05, 0) is 30.2 Å². The molecule has 124 valence electrons. The van der Waals surface area contributed by atoms with Gasteiger partial charge in [-0.3, -0.25) is 0 Å². The fraction of sp³-hybridized carbons (Fsp3) is 0.250. The molecule has 0 aliphatic rings. The third kappa shape index (κ3) is 3.66. The van der Waals surface area contributed by atoms with Crippen LogP contribution in [0.2, 0.25) is 0 Å². The lowest BCUT2D eigenvalue weighted by Crippen LogP contribution is -2.08. The number of hydrogen-bond acceptors (Lipinski definition) is 4. The van der Waals surface area contributed by atoms with Gasteiger partial charge in [0.15, 0.2) is 0 Å². The van der Waals surface area contributed by atoms with Crippen LogP contribution in [0.3, 0.4) is 0 Å². The maximum atomic E-state index is 5.98. The summed E-state index contributed by atoms with van der Waals surface area (Å²) in [5.41, 5.74) is 3.33. The van der Waals surface area contributed by atoms with Crippen molar-refractivity contribution < 1.29 is 9.47 Å². The molecule has 3 rings (SSSR count). The molecule has 1 aromatic heterocycles. The summed E-state index contributed by atoms with van der Waals surface area (Å²) in [5, 5.41) is 5.59. The van der Waals surface area contributed by atoms with Gasteiger partial charge in [0.05, 0.1) is 6.61 Å². The zero-order valence-electron chi connectivity index (χ0n) is 14.1. The second kappa shape index (κ2) is 7.79. The molecule has 0 aliphatic heterocycles. The van der Waals surface area contributed by atoms with E-state index in [-0.39, 0.29) is 0 Å². The molecule has 0 bridgehead atoms. The number of methoxy groups -OCH3 is 1. The van der Waals surface area contributed by atoms with Crippen molar-refractivity contribution in [1.82, 2.24) is 4.98 Å². The molecule has 0 spiro atoms. The number of nitrogens with zero attached hydrogens (tertiary/aromatic N) is 1. The lowest BCUT2D eigenvalue weighted by Gasteiger charge is -2.14. The summed E-state index contributed by atoms with van der Waals surface area (Å²) >= 11 is 0. The summed E-state index contributed by atoms with van der Waals surface area (Å²) in [6, 6.07) is 16.3. The van der Waals surface area contributed by atoms with Crippen molar-refractivity contribution in [2.45, 2.75) is 13.5 Å². The van der Waals surface area contributed by atoms with Gasteiger partial charge < -0.3 is 14.8 Å². The highest BCUT2D eigenvalue weighted by Gasteiger charge is 2.10. The zero-order chi connectivity index (χ0) is 16.8. The summed E-state index contributed by atoms with van der Waals surface area (Å²) in [6.45, 7) is 4.00. The standard InChI is InChI=1S/C20H22N2O2/c1-15-13-22-20(24-14-16-7-4-3-5-8-16)17-9-6-10-18(19(15)17)21-11-12-23-2/h3-10,13,21H,11-12,14H2,1-2H3. The van der Waals surface area contributed by atoms with Crippen LogP contribution in [-0.4, -0.2) is 25.2 Å². The number of ether oxygens (including phenoxy) is 2. The Hall–Kier alpha value is -2.59. The van der Waals surface area contributed by atoms with E-state index in [4.69, 9.17) is 9.47 Å². The van der Waals surface area contributed by atoms with Gasteiger partial charge in [0.25, 0.3) is 0 Å². The number of anilines is 1. The molecule has 0 fully saturated rings. The molecule has 0 amide bonds. The minimum absolute atomic E-state index is 0.507. The summed E-state index contributed by atoms with van der Waals surface area (Å²) in [7, 11) is 1.70. The summed E-state index contributed by atoms with van der Waals surface area (Å²) in [6.07, 6.45) is 1.87. The molecule has 1 heterocycles. The van der Waals surface area contributed by atoms with E-state index >= 15 is 0 Å². The van der Waals surface area contributed by atoms with Crippen LogP contribution in [0.5, 0.6) is 5.88 Å². The Labute approximate surface area is 142 Å². The van der Waals surface area contributed by atoms with Crippen molar-refractivity contribution in [3.8, 4) is 5.88 Å². The molecule has 0 aliphatic carbocycles. The molecule has 0 saturated heterocycles. The van der Waals surface area contributed by atoms with Gasteiger partial charge >= 0.3 is 0 Å². The Morgan fingerprint density at radius 1 is 1.04 bits per heavy atom. The molecule has 0 unspecified atom stereocenters. The average Bonchev–Trinajstić information content (AvgIpc) is 2.62. The van der Waals surface area contributed by atoms with Crippen LogP contribution in [0.15, 0.2) is 54.7 Å². The molecule has 1 N–H and O–H groups in total. The van der Waals surface area contributed by atoms with E-state index in [1.807, 2.05) is 42.6 Å². The zero-order valence-corrected chi connectivity index (χ0v) is 14.1. The van der Waals surface area contributed by atoms with Gasteiger partial charge in [-0.25, -0.2) is 4.98 Å². The number of hydrogen-bond donors (Lipinski definition) is 1. The van der Waals surface area contributed by atoms with E-state index in [1.54, 1.807) is 7.11 Å². The average molecular weight is 322 g/mol. The Kier molecular flexibility index (Phi) is 5.29. The largest absolute Gasteiger partial charge is 0.472 e. The fourth-order valence-corrected chi connectivity index (χ4v) is 2.72. The molecule has 0 atom stereocenters. The summed E-state index contributed by atoms with van der Waals surface area (Å²) < 4.78 is 11.1. The maximum Gasteiger partial charge on any atom is 0.221 e. The van der Waals surface area contributed by atoms with E-state index in [2.05, 4.69) is 29.4 Å². The lowest BCUT2D eigenvalue weighted by molar-refractivity contribution is 0.211. The van der Waals surface area contributed by atoms with Crippen LogP contribution in [0.4, 0.5) is 5.69 Å². The van der Waals surface area contributed by atoms with Crippen LogP contribution in [0.1, 0.15) is 11.1 Å². The minimum atomic E-state index is 0.507. The number of pyridine rings is 1. The van der Waals surface area contributed by atoms with Gasteiger partial charge in [-0.1, -0.05) is 36.4 Å². The molecule has 3 aromatic rings. The molecular formula is C20H22N2O2. The SMILES string of the molecule is COCCNc1cccc2c(OCc3ccccc3)ncc(C)c12. The van der Waals surface area contributed by atoms with Crippen molar-refractivity contribution in [2.75, 3.05) is 25.6 Å². The second-order valence-corrected chi connectivity index (χ2v) is 5.67. The number of aromatic nitrogens is 1. The van der Waals surface area contributed by atoms with Crippen molar-refractivity contribution >= 4 is 16.5 Å². The summed E-state index contributed by atoms with van der Waals surface area (Å²) in [4.78, 5) is 4.48. The third-order valence-electron chi connectivity index (χ3n) is 3.90. The fourth-order valence-electron chi connectivity index (χ4n) is 2.72. The number of benzene rings is 2. The summed E-state index contributed by atoms with van der Waals surface area (Å²) in [5.74, 6) is 0.662. The first-order chi connectivity index (χ1) is 11.8. The van der Waals surface area contributed by atoms with Crippen molar-refractivity contribution in [2.24, 2.45) is 0 Å². The predicted molar refractivity (Wildman–Crippen MR) is 97.6 cm³/mol. The third-order valence-corrected chi connectivity index (χ3v) is 3.90. The van der Waals surface area contributed by atoms with Crippen molar-refractivity contribution in [3.05, 3.63) is 65.9 Å². The topological polar surface area (TPSA) is 43.4 Å². The Morgan fingerprint density at radius 2 is 1.88 bits per heavy atom. The molecule has 4 heteroatoms. The maximum absolute atomic E-state index is 5.98. The van der Waals surface area contributed by atoms with Gasteiger partial charge in [0.2, 0.25) is 5.88 Å². The van der Waals surface area contributed by atoms with E-state index in [9.17, 15) is 0 Å². The van der Waals surface area contributed by atoms with E-state index in [1.165, 1.54) is 0 Å². The highest BCUT2D eigenvalue weighted by Crippen LogP contribution is 2.32. The molecule has 0 radical (unpaired) electrons. The van der Waals surface area contributed by atoms with Crippen LogP contribution < -0.4 is 10.1 Å². The lowest BCUT2D eigenvalue weighted by atomic mass is 10.1. The molecular weight excluding hydrogens is 300 g/mol. The van der Waals surface area contributed by atoms with Gasteiger partial charge in [0.1, 0.15) is 6.61 Å². The number of rotatable bonds is 7. The first kappa shape index (κ1) is 16.3. The van der Waals surface area contributed by atoms with E-state index < -0.39 is 0 Å². The minimum Gasteiger partial charge on any atom is -0.472 e. The van der Waals surface area contributed by atoms with Crippen molar-refractivity contribution in [1.29, 1.82) is 0 Å². The number of nitrogens with one attached hydrogen (secondary N) is 1. The Bertz CT molecular complexity index is 803. The van der Waals surface area contributed by atoms with Crippen molar-refractivity contribution in [3.63, 3.8) is 0 Å².